The van der Waals surface area contributed by atoms with Crippen molar-refractivity contribution in [1.29, 1.82) is 0 Å². The fourth-order valence-corrected chi connectivity index (χ4v) is 5.60. The maximum absolute atomic E-state index is 12.5. The smallest absolute Gasteiger partial charge is 0.337 e. The lowest BCUT2D eigenvalue weighted by Gasteiger charge is -2.28. The lowest BCUT2D eigenvalue weighted by Crippen LogP contribution is -2.45. The van der Waals surface area contributed by atoms with Gasteiger partial charge in [0, 0.05) is 21.3 Å². The summed E-state index contributed by atoms with van der Waals surface area (Å²) in [6.45, 7) is 3.76. The van der Waals surface area contributed by atoms with Gasteiger partial charge in [-0.15, -0.1) is 0 Å². The highest BCUT2D eigenvalue weighted by atomic mass is 79.9. The molecular formula is C32H33BrCl2N4O8. The zero-order valence-corrected chi connectivity index (χ0v) is 29.0. The molecule has 1 aliphatic heterocycles. The topological polar surface area (TPSA) is 149 Å². The van der Waals surface area contributed by atoms with E-state index in [1.165, 1.54) is 20.4 Å². The monoisotopic (exact) mass is 750 g/mol. The van der Waals surface area contributed by atoms with E-state index in [1.54, 1.807) is 62.4 Å². The predicted octanol–water partition coefficient (Wildman–Crippen LogP) is 5.86. The van der Waals surface area contributed by atoms with Gasteiger partial charge < -0.3 is 39.4 Å². The fourth-order valence-electron chi connectivity index (χ4n) is 4.56. The van der Waals surface area contributed by atoms with Crippen molar-refractivity contribution in [3.63, 3.8) is 0 Å². The molecule has 15 heteroatoms. The zero-order chi connectivity index (χ0) is 34.1. The summed E-state index contributed by atoms with van der Waals surface area (Å²) in [7, 11) is 2.79. The van der Waals surface area contributed by atoms with Gasteiger partial charge in [0.1, 0.15) is 13.2 Å². The van der Waals surface area contributed by atoms with Gasteiger partial charge in [0.2, 0.25) is 0 Å². The van der Waals surface area contributed by atoms with Gasteiger partial charge in [0.15, 0.2) is 29.2 Å². The van der Waals surface area contributed by atoms with Crippen molar-refractivity contribution in [3.05, 3.63) is 91.0 Å². The van der Waals surface area contributed by atoms with Crippen LogP contribution in [0.2, 0.25) is 10.0 Å². The molecule has 3 aromatic rings. The Morgan fingerprint density at radius 2 is 1.87 bits per heavy atom. The second-order valence-electron chi connectivity index (χ2n) is 9.97. The molecule has 0 aliphatic carbocycles. The van der Waals surface area contributed by atoms with Gasteiger partial charge in [-0.2, -0.15) is 5.10 Å². The molecule has 0 saturated carbocycles. The average Bonchev–Trinajstić information content (AvgIpc) is 3.03. The van der Waals surface area contributed by atoms with Crippen molar-refractivity contribution in [3.8, 4) is 23.0 Å². The number of nitrogens with zero attached hydrogens (tertiary/aromatic N) is 1. The number of carbonyl (C=O) groups is 2. The number of hydrogen-bond donors (Lipinski definition) is 4. The second-order valence-corrected chi connectivity index (χ2v) is 11.7. The highest BCUT2D eigenvalue weighted by molar-refractivity contribution is 9.10. The molecule has 0 spiro atoms. The summed E-state index contributed by atoms with van der Waals surface area (Å²) in [5.41, 5.74) is 5.24. The third-order valence-electron chi connectivity index (χ3n) is 6.75. The summed E-state index contributed by atoms with van der Waals surface area (Å²) >= 11 is 15.8. The van der Waals surface area contributed by atoms with Crippen LogP contribution in [-0.2, 0) is 16.1 Å². The number of carbonyl (C=O) groups excluding carboxylic acids is 2. The molecule has 47 heavy (non-hydrogen) atoms. The molecule has 12 nitrogen and oxygen atoms in total. The van der Waals surface area contributed by atoms with Gasteiger partial charge in [-0.05, 0) is 77.3 Å². The number of methoxy groups -OCH3 is 2. The molecule has 0 radical (unpaired) electrons. The molecule has 1 heterocycles. The highest BCUT2D eigenvalue weighted by Crippen LogP contribution is 2.38. The van der Waals surface area contributed by atoms with Crippen molar-refractivity contribution in [2.45, 2.75) is 32.7 Å². The van der Waals surface area contributed by atoms with Crippen LogP contribution in [0.5, 0.6) is 23.0 Å². The normalized spacial score (nSPS) is 15.1. The van der Waals surface area contributed by atoms with E-state index in [0.717, 1.165) is 5.56 Å². The first-order valence-corrected chi connectivity index (χ1v) is 15.8. The Morgan fingerprint density at radius 1 is 1.09 bits per heavy atom. The summed E-state index contributed by atoms with van der Waals surface area (Å²) in [5, 5.41) is 21.0. The van der Waals surface area contributed by atoms with Crippen molar-refractivity contribution in [2.24, 2.45) is 5.10 Å². The lowest BCUT2D eigenvalue weighted by atomic mass is 9.95. The van der Waals surface area contributed by atoms with Crippen LogP contribution >= 0.6 is 39.1 Å². The minimum absolute atomic E-state index is 0.180. The van der Waals surface area contributed by atoms with Gasteiger partial charge in [-0.1, -0.05) is 35.3 Å². The Kier molecular flexibility index (Phi) is 12.6. The van der Waals surface area contributed by atoms with Gasteiger partial charge in [0.05, 0.1) is 43.1 Å². The van der Waals surface area contributed by atoms with Crippen LogP contribution in [0.1, 0.15) is 36.6 Å². The molecule has 0 bridgehead atoms. The Morgan fingerprint density at radius 3 is 2.57 bits per heavy atom. The molecule has 2 amide bonds. The standard InChI is InChI=1S/C32H33BrCl2N4O8/c1-5-45-25-12-19(29-28(31(41)44-4)17(2)37-32(42)38-29)7-9-24(25)46-16-27(40)39-36-14-18-10-22(33)30(26(11-18)43-3)47-15-20-6-8-21(34)13-23(20)35/h6-14,27,29,39-40H,5,15-16H2,1-4H3,(H2,37,38,42)/b36-14-/t27-,29-/m0/s1. The Bertz CT molecular complexity index is 1690. The van der Waals surface area contributed by atoms with Crippen LogP contribution in [-0.4, -0.2) is 57.0 Å². The molecule has 0 unspecified atom stereocenters. The predicted molar refractivity (Wildman–Crippen MR) is 180 cm³/mol. The summed E-state index contributed by atoms with van der Waals surface area (Å²) in [4.78, 5) is 24.6. The van der Waals surface area contributed by atoms with Gasteiger partial charge in [-0.3, -0.25) is 5.43 Å². The number of aliphatic hydroxyl groups is 1. The summed E-state index contributed by atoms with van der Waals surface area (Å²) in [6.07, 6.45) is 0.316. The number of nitrogens with one attached hydrogen (secondary N) is 3. The molecule has 4 N–H and O–H groups in total. The number of amides is 2. The SMILES string of the molecule is CCOc1cc([C@@H]2NC(=O)NC(C)=C2C(=O)OC)ccc1OC[C@H](O)N/N=C\c1cc(Br)c(OCc2ccc(Cl)cc2Cl)c(OC)c1. The average molecular weight is 752 g/mol. The summed E-state index contributed by atoms with van der Waals surface area (Å²) in [5.74, 6) is 1.04. The molecule has 2 atom stereocenters. The number of halogens is 3. The van der Waals surface area contributed by atoms with E-state index < -0.39 is 24.3 Å². The molecule has 0 saturated heterocycles. The number of aliphatic hydroxyl groups excluding tert-OH is 1. The first-order chi connectivity index (χ1) is 22.5. The van der Waals surface area contributed by atoms with Crippen LogP contribution in [0, 0.1) is 0 Å². The number of hydrazone groups is 1. The maximum atomic E-state index is 12.5. The number of hydrogen-bond acceptors (Lipinski definition) is 10. The minimum Gasteiger partial charge on any atom is -0.493 e. The van der Waals surface area contributed by atoms with Crippen LogP contribution in [0.25, 0.3) is 0 Å². The van der Waals surface area contributed by atoms with E-state index >= 15 is 0 Å². The van der Waals surface area contributed by atoms with Crippen molar-refractivity contribution < 1.29 is 38.4 Å². The molecule has 250 valence electrons. The number of esters is 1. The number of benzene rings is 3. The molecule has 0 fully saturated rings. The third kappa shape index (κ3) is 9.22. The van der Waals surface area contributed by atoms with Gasteiger partial charge in [-0.25, -0.2) is 9.59 Å². The number of ether oxygens (including phenoxy) is 5. The van der Waals surface area contributed by atoms with E-state index in [1.807, 2.05) is 0 Å². The summed E-state index contributed by atoms with van der Waals surface area (Å²) in [6, 6.07) is 12.4. The quantitative estimate of drug-likeness (QED) is 0.0688. The van der Waals surface area contributed by atoms with Crippen molar-refractivity contribution in [1.82, 2.24) is 16.1 Å². The number of urea groups is 1. The van der Waals surface area contributed by atoms with Gasteiger partial charge >= 0.3 is 12.0 Å². The van der Waals surface area contributed by atoms with E-state index in [9.17, 15) is 14.7 Å². The zero-order valence-electron chi connectivity index (χ0n) is 25.9. The number of rotatable bonds is 14. The van der Waals surface area contributed by atoms with E-state index in [-0.39, 0.29) is 18.8 Å². The van der Waals surface area contributed by atoms with Crippen LogP contribution in [0.4, 0.5) is 4.79 Å². The molecular weight excluding hydrogens is 719 g/mol. The second kappa shape index (κ2) is 16.6. The first-order valence-electron chi connectivity index (χ1n) is 14.2. The van der Waals surface area contributed by atoms with Crippen LogP contribution < -0.4 is 35.0 Å². The van der Waals surface area contributed by atoms with E-state index in [4.69, 9.17) is 46.9 Å². The van der Waals surface area contributed by atoms with Crippen LogP contribution in [0.15, 0.2) is 69.4 Å². The Hall–Kier alpha value is -4.17. The largest absolute Gasteiger partial charge is 0.493 e. The Balaban J connectivity index is 1.39. The highest BCUT2D eigenvalue weighted by Gasteiger charge is 2.32. The van der Waals surface area contributed by atoms with E-state index in [2.05, 4.69) is 37.1 Å². The van der Waals surface area contributed by atoms with Crippen LogP contribution in [0.3, 0.4) is 0 Å². The molecule has 3 aromatic carbocycles. The molecule has 0 aromatic heterocycles. The van der Waals surface area contributed by atoms with Gasteiger partial charge in [0.25, 0.3) is 0 Å². The molecule has 1 aliphatic rings. The number of allylic oxidation sites excluding steroid dienone is 1. The van der Waals surface area contributed by atoms with Crippen molar-refractivity contribution in [2.75, 3.05) is 27.4 Å². The van der Waals surface area contributed by atoms with E-state index in [0.29, 0.717) is 60.9 Å². The van der Waals surface area contributed by atoms with Crippen molar-refractivity contribution >= 4 is 57.3 Å². The first kappa shape index (κ1) is 35.7. The minimum atomic E-state index is -1.18. The molecule has 4 rings (SSSR count). The fraction of sp³-hybridized carbons (Fsp3) is 0.281. The third-order valence-corrected chi connectivity index (χ3v) is 7.92. The summed E-state index contributed by atoms with van der Waals surface area (Å²) < 4.78 is 28.6. The lowest BCUT2D eigenvalue weighted by molar-refractivity contribution is -0.136. The maximum Gasteiger partial charge on any atom is 0.337 e. The Labute approximate surface area is 290 Å².